The Morgan fingerprint density at radius 2 is 2.40 bits per heavy atom. The van der Waals surface area contributed by atoms with Gasteiger partial charge in [-0.3, -0.25) is 4.98 Å². The van der Waals surface area contributed by atoms with Crippen LogP contribution in [0.1, 0.15) is 11.4 Å². The average Bonchev–Trinajstić information content (AvgIpc) is 2.18. The first-order valence-corrected chi connectivity index (χ1v) is 4.19. The van der Waals surface area contributed by atoms with E-state index in [0.29, 0.717) is 12.3 Å². The Morgan fingerprint density at radius 3 is 3.00 bits per heavy atom. The molecule has 5 heteroatoms. The van der Waals surface area contributed by atoms with E-state index in [1.54, 1.807) is 12.1 Å². The fourth-order valence-corrected chi connectivity index (χ4v) is 0.998. The molecule has 0 aliphatic heterocycles. The number of carboxylic acid groups (broad SMARTS) is 1. The van der Waals surface area contributed by atoms with E-state index in [4.69, 9.17) is 9.84 Å². The van der Waals surface area contributed by atoms with Crippen LogP contribution in [-0.2, 0) is 16.1 Å². The minimum Gasteiger partial charge on any atom is -0.476 e. The number of carbonyl (C=O) groups is 1. The molecule has 0 aromatic carbocycles. The highest BCUT2D eigenvalue weighted by atomic mass is 19.1. The molecule has 0 aliphatic rings. The molecular weight excluding hydrogens is 201 g/mol. The summed E-state index contributed by atoms with van der Waals surface area (Å²) >= 11 is 0. The molecule has 0 aliphatic carbocycles. The van der Waals surface area contributed by atoms with E-state index in [9.17, 15) is 9.18 Å². The molecule has 80 valence electrons. The summed E-state index contributed by atoms with van der Waals surface area (Å²) in [4.78, 5) is 14.2. The van der Waals surface area contributed by atoms with Crippen LogP contribution in [0.15, 0.2) is 24.0 Å². The van der Waals surface area contributed by atoms with Crippen LogP contribution in [0.2, 0.25) is 0 Å². The summed E-state index contributed by atoms with van der Waals surface area (Å²) in [7, 11) is 1.52. The number of methoxy groups -OCH3 is 1. The standard InChI is InChI=1S/C10H10FNO3/c1-15-6-8-4-2-3-7(12-8)5-9(11)10(13)14/h2-5H,6H2,1H3,(H,13,14)/b9-5+. The number of halogens is 1. The van der Waals surface area contributed by atoms with E-state index < -0.39 is 11.8 Å². The fraction of sp³-hybridized carbons (Fsp3) is 0.200. The van der Waals surface area contributed by atoms with Gasteiger partial charge in [0.05, 0.1) is 18.0 Å². The van der Waals surface area contributed by atoms with Gasteiger partial charge in [0.2, 0.25) is 5.83 Å². The quantitative estimate of drug-likeness (QED) is 0.769. The zero-order valence-corrected chi connectivity index (χ0v) is 8.11. The lowest BCUT2D eigenvalue weighted by atomic mass is 10.3. The Balaban J connectivity index is 2.91. The van der Waals surface area contributed by atoms with Gasteiger partial charge in [-0.1, -0.05) is 6.07 Å². The molecule has 0 radical (unpaired) electrons. The summed E-state index contributed by atoms with van der Waals surface area (Å²) in [5.41, 5.74) is 0.869. The second-order valence-corrected chi connectivity index (χ2v) is 2.78. The number of carboxylic acids is 1. The van der Waals surface area contributed by atoms with Gasteiger partial charge in [0, 0.05) is 13.2 Å². The first-order chi connectivity index (χ1) is 7.13. The predicted molar refractivity (Wildman–Crippen MR) is 51.7 cm³/mol. The predicted octanol–water partition coefficient (Wildman–Crippen LogP) is 1.62. The summed E-state index contributed by atoms with van der Waals surface area (Å²) in [5.74, 6) is -2.84. The van der Waals surface area contributed by atoms with Crippen molar-refractivity contribution >= 4 is 12.0 Å². The molecule has 15 heavy (non-hydrogen) atoms. The largest absolute Gasteiger partial charge is 0.476 e. The number of rotatable bonds is 4. The summed E-state index contributed by atoms with van der Waals surface area (Å²) in [6, 6.07) is 4.88. The number of nitrogens with zero attached hydrogens (tertiary/aromatic N) is 1. The minimum absolute atomic E-state index is 0.254. The second-order valence-electron chi connectivity index (χ2n) is 2.78. The van der Waals surface area contributed by atoms with Crippen molar-refractivity contribution in [3.05, 3.63) is 35.4 Å². The molecule has 0 atom stereocenters. The molecule has 0 fully saturated rings. The van der Waals surface area contributed by atoms with Crippen molar-refractivity contribution in [1.82, 2.24) is 4.98 Å². The van der Waals surface area contributed by atoms with Crippen LogP contribution in [0, 0.1) is 0 Å². The monoisotopic (exact) mass is 211 g/mol. The summed E-state index contributed by atoms with van der Waals surface area (Å²) < 4.78 is 17.6. The van der Waals surface area contributed by atoms with Gasteiger partial charge in [-0.2, -0.15) is 4.39 Å². The van der Waals surface area contributed by atoms with Crippen molar-refractivity contribution in [2.45, 2.75) is 6.61 Å². The maximum Gasteiger partial charge on any atom is 0.364 e. The highest BCUT2D eigenvalue weighted by Gasteiger charge is 2.05. The zero-order chi connectivity index (χ0) is 11.3. The Labute approximate surface area is 86.0 Å². The topological polar surface area (TPSA) is 59.4 Å². The van der Waals surface area contributed by atoms with Crippen molar-refractivity contribution in [1.29, 1.82) is 0 Å². The van der Waals surface area contributed by atoms with Crippen molar-refractivity contribution in [3.8, 4) is 0 Å². The number of aliphatic carboxylic acids is 1. The fourth-order valence-electron chi connectivity index (χ4n) is 0.998. The molecule has 0 unspecified atom stereocenters. The van der Waals surface area contributed by atoms with Gasteiger partial charge in [-0.15, -0.1) is 0 Å². The molecule has 1 rings (SSSR count). The van der Waals surface area contributed by atoms with Crippen molar-refractivity contribution in [2.24, 2.45) is 0 Å². The van der Waals surface area contributed by atoms with Gasteiger partial charge < -0.3 is 9.84 Å². The van der Waals surface area contributed by atoms with Crippen molar-refractivity contribution in [3.63, 3.8) is 0 Å². The highest BCUT2D eigenvalue weighted by Crippen LogP contribution is 2.07. The SMILES string of the molecule is COCc1cccc(/C=C(/F)C(=O)O)n1. The molecule has 1 N–H and O–H groups in total. The summed E-state index contributed by atoms with van der Waals surface area (Å²) in [6.45, 7) is 0.302. The molecule has 4 nitrogen and oxygen atoms in total. The Morgan fingerprint density at radius 1 is 1.67 bits per heavy atom. The lowest BCUT2D eigenvalue weighted by Crippen LogP contribution is -1.97. The molecule has 0 spiro atoms. The Hall–Kier alpha value is -1.75. The van der Waals surface area contributed by atoms with Crippen LogP contribution < -0.4 is 0 Å². The molecule has 1 aromatic heterocycles. The van der Waals surface area contributed by atoms with Crippen LogP contribution >= 0.6 is 0 Å². The van der Waals surface area contributed by atoms with Gasteiger partial charge >= 0.3 is 5.97 Å². The van der Waals surface area contributed by atoms with E-state index in [2.05, 4.69) is 4.98 Å². The number of hydrogen-bond acceptors (Lipinski definition) is 3. The molecule has 1 heterocycles. The number of pyridine rings is 1. The molecule has 0 bridgehead atoms. The van der Waals surface area contributed by atoms with Crippen LogP contribution in [0.3, 0.4) is 0 Å². The molecule has 1 aromatic rings. The van der Waals surface area contributed by atoms with Crippen LogP contribution in [0.25, 0.3) is 6.08 Å². The zero-order valence-electron chi connectivity index (χ0n) is 8.11. The molecule has 0 saturated carbocycles. The molecule has 0 amide bonds. The van der Waals surface area contributed by atoms with E-state index in [0.717, 1.165) is 6.08 Å². The van der Waals surface area contributed by atoms with Crippen molar-refractivity contribution < 1.29 is 19.0 Å². The summed E-state index contributed by atoms with van der Waals surface area (Å²) in [5, 5.41) is 8.32. The Kier molecular flexibility index (Phi) is 3.93. The average molecular weight is 211 g/mol. The van der Waals surface area contributed by atoms with Gasteiger partial charge in [-0.25, -0.2) is 4.79 Å². The third-order valence-corrected chi connectivity index (χ3v) is 1.60. The number of hydrogen-bond donors (Lipinski definition) is 1. The minimum atomic E-state index is -1.60. The third-order valence-electron chi connectivity index (χ3n) is 1.60. The summed E-state index contributed by atoms with van der Waals surface area (Å²) in [6.07, 6.45) is 0.863. The van der Waals surface area contributed by atoms with Gasteiger partial charge in [0.1, 0.15) is 0 Å². The van der Waals surface area contributed by atoms with E-state index in [-0.39, 0.29) is 5.69 Å². The maximum absolute atomic E-state index is 12.7. The van der Waals surface area contributed by atoms with Gasteiger partial charge in [0.15, 0.2) is 0 Å². The van der Waals surface area contributed by atoms with E-state index in [1.165, 1.54) is 13.2 Å². The highest BCUT2D eigenvalue weighted by molar-refractivity contribution is 5.89. The smallest absolute Gasteiger partial charge is 0.364 e. The first kappa shape index (κ1) is 11.3. The number of aromatic nitrogens is 1. The Bertz CT molecular complexity index is 390. The van der Waals surface area contributed by atoms with Crippen LogP contribution in [0.5, 0.6) is 0 Å². The maximum atomic E-state index is 12.7. The lowest BCUT2D eigenvalue weighted by molar-refractivity contribution is -0.134. The third kappa shape index (κ3) is 3.47. The molecule has 0 saturated heterocycles. The van der Waals surface area contributed by atoms with E-state index in [1.807, 2.05) is 0 Å². The first-order valence-electron chi connectivity index (χ1n) is 4.19. The van der Waals surface area contributed by atoms with E-state index >= 15 is 0 Å². The van der Waals surface area contributed by atoms with Crippen LogP contribution in [-0.4, -0.2) is 23.2 Å². The van der Waals surface area contributed by atoms with Crippen LogP contribution in [0.4, 0.5) is 4.39 Å². The van der Waals surface area contributed by atoms with Gasteiger partial charge in [0.25, 0.3) is 0 Å². The lowest BCUT2D eigenvalue weighted by Gasteiger charge is -1.99. The van der Waals surface area contributed by atoms with Crippen molar-refractivity contribution in [2.75, 3.05) is 7.11 Å². The number of ether oxygens (including phenoxy) is 1. The normalized spacial score (nSPS) is 11.5. The van der Waals surface area contributed by atoms with Gasteiger partial charge in [-0.05, 0) is 12.1 Å². The second kappa shape index (κ2) is 5.21. The molecular formula is C10H10FNO3.